The van der Waals surface area contributed by atoms with Crippen molar-refractivity contribution in [2.45, 2.75) is 38.6 Å². The third-order valence-corrected chi connectivity index (χ3v) is 4.31. The number of carbonyl (C=O) groups excluding carboxylic acids is 1. The third-order valence-electron chi connectivity index (χ3n) is 4.31. The first-order chi connectivity index (χ1) is 10.7. The summed E-state index contributed by atoms with van der Waals surface area (Å²) < 4.78 is 5.81. The smallest absolute Gasteiger partial charge is 0.234 e. The first-order valence-electron chi connectivity index (χ1n) is 8.22. The average molecular weight is 300 g/mol. The quantitative estimate of drug-likeness (QED) is 0.940. The maximum absolute atomic E-state index is 12.2. The van der Waals surface area contributed by atoms with E-state index in [0.717, 1.165) is 29.8 Å². The van der Waals surface area contributed by atoms with E-state index in [1.807, 2.05) is 37.3 Å². The van der Waals surface area contributed by atoms with Crippen molar-refractivity contribution in [3.8, 4) is 0 Å². The maximum Gasteiger partial charge on any atom is 0.234 e. The Labute approximate surface area is 131 Å². The Morgan fingerprint density at radius 3 is 2.68 bits per heavy atom. The molecule has 1 amide bonds. The SMILES string of the molecule is C[C@@H](NC(=O)CN1CCCCCC1)c1cc2ccccc2o1. The van der Waals surface area contributed by atoms with Crippen LogP contribution in [0.5, 0.6) is 0 Å². The molecule has 1 aliphatic heterocycles. The summed E-state index contributed by atoms with van der Waals surface area (Å²) in [5.41, 5.74) is 0.867. The van der Waals surface area contributed by atoms with Crippen molar-refractivity contribution in [2.24, 2.45) is 0 Å². The lowest BCUT2D eigenvalue weighted by molar-refractivity contribution is -0.123. The van der Waals surface area contributed by atoms with Crippen LogP contribution in [0.1, 0.15) is 44.4 Å². The molecule has 1 atom stereocenters. The zero-order valence-corrected chi connectivity index (χ0v) is 13.2. The Kier molecular flexibility index (Phi) is 4.78. The van der Waals surface area contributed by atoms with Gasteiger partial charge in [0.2, 0.25) is 5.91 Å². The van der Waals surface area contributed by atoms with Gasteiger partial charge in [0.25, 0.3) is 0 Å². The summed E-state index contributed by atoms with van der Waals surface area (Å²) in [6, 6.07) is 9.82. The van der Waals surface area contributed by atoms with Crippen LogP contribution in [0.2, 0.25) is 0 Å². The molecular formula is C18H24N2O2. The van der Waals surface area contributed by atoms with Gasteiger partial charge in [-0.05, 0) is 45.0 Å². The molecule has 4 nitrogen and oxygen atoms in total. The van der Waals surface area contributed by atoms with Crippen LogP contribution in [-0.4, -0.2) is 30.4 Å². The van der Waals surface area contributed by atoms with Crippen molar-refractivity contribution in [3.05, 3.63) is 36.1 Å². The number of fused-ring (bicyclic) bond motifs is 1. The molecule has 0 unspecified atom stereocenters. The Hall–Kier alpha value is -1.81. The predicted molar refractivity (Wildman–Crippen MR) is 87.7 cm³/mol. The van der Waals surface area contributed by atoms with Crippen LogP contribution in [0.15, 0.2) is 34.7 Å². The summed E-state index contributed by atoms with van der Waals surface area (Å²) in [5, 5.41) is 4.13. The first kappa shape index (κ1) is 15.1. The summed E-state index contributed by atoms with van der Waals surface area (Å²) in [7, 11) is 0. The van der Waals surface area contributed by atoms with Gasteiger partial charge in [-0.25, -0.2) is 0 Å². The summed E-state index contributed by atoms with van der Waals surface area (Å²) >= 11 is 0. The molecular weight excluding hydrogens is 276 g/mol. The molecule has 0 bridgehead atoms. The molecule has 1 saturated heterocycles. The van der Waals surface area contributed by atoms with Gasteiger partial charge in [-0.2, -0.15) is 0 Å². The normalized spacial score (nSPS) is 18.0. The average Bonchev–Trinajstić information content (AvgIpc) is 2.79. The Morgan fingerprint density at radius 1 is 1.23 bits per heavy atom. The molecule has 1 aromatic carbocycles. The second kappa shape index (κ2) is 6.97. The van der Waals surface area contributed by atoms with Gasteiger partial charge in [-0.1, -0.05) is 31.0 Å². The lowest BCUT2D eigenvalue weighted by Gasteiger charge is -2.20. The fraction of sp³-hybridized carbons (Fsp3) is 0.500. The number of carbonyl (C=O) groups is 1. The lowest BCUT2D eigenvalue weighted by Crippen LogP contribution is -2.38. The standard InChI is InChI=1S/C18H24N2O2/c1-14(17-12-15-8-4-5-9-16(15)22-17)19-18(21)13-20-10-6-2-3-7-11-20/h4-5,8-9,12,14H,2-3,6-7,10-11,13H2,1H3,(H,19,21)/t14-/m1/s1. The Bertz CT molecular complexity index is 594. The van der Waals surface area contributed by atoms with E-state index in [9.17, 15) is 4.79 Å². The van der Waals surface area contributed by atoms with Gasteiger partial charge in [0.15, 0.2) is 0 Å². The van der Waals surface area contributed by atoms with E-state index in [2.05, 4.69) is 10.2 Å². The largest absolute Gasteiger partial charge is 0.459 e. The van der Waals surface area contributed by atoms with E-state index >= 15 is 0 Å². The molecule has 0 spiro atoms. The van der Waals surface area contributed by atoms with Gasteiger partial charge < -0.3 is 9.73 Å². The Morgan fingerprint density at radius 2 is 1.95 bits per heavy atom. The highest BCUT2D eigenvalue weighted by Crippen LogP contribution is 2.23. The number of nitrogens with one attached hydrogen (secondary N) is 1. The van der Waals surface area contributed by atoms with Crippen molar-refractivity contribution in [2.75, 3.05) is 19.6 Å². The number of nitrogens with zero attached hydrogens (tertiary/aromatic N) is 1. The van der Waals surface area contributed by atoms with E-state index in [4.69, 9.17) is 4.42 Å². The van der Waals surface area contributed by atoms with Crippen LogP contribution >= 0.6 is 0 Å². The molecule has 0 aliphatic carbocycles. The summed E-state index contributed by atoms with van der Waals surface area (Å²) in [6.07, 6.45) is 4.97. The van der Waals surface area contributed by atoms with Crippen LogP contribution in [0, 0.1) is 0 Å². The zero-order chi connectivity index (χ0) is 15.4. The van der Waals surface area contributed by atoms with Crippen molar-refractivity contribution in [3.63, 3.8) is 0 Å². The van der Waals surface area contributed by atoms with E-state index in [0.29, 0.717) is 6.54 Å². The van der Waals surface area contributed by atoms with Gasteiger partial charge in [0, 0.05) is 5.39 Å². The minimum absolute atomic E-state index is 0.0786. The first-order valence-corrected chi connectivity index (χ1v) is 8.22. The number of hydrogen-bond acceptors (Lipinski definition) is 3. The van der Waals surface area contributed by atoms with Crippen molar-refractivity contribution >= 4 is 16.9 Å². The fourth-order valence-corrected chi connectivity index (χ4v) is 3.07. The minimum atomic E-state index is -0.105. The van der Waals surface area contributed by atoms with Crippen LogP contribution < -0.4 is 5.32 Å². The molecule has 118 valence electrons. The maximum atomic E-state index is 12.2. The number of rotatable bonds is 4. The molecule has 0 radical (unpaired) electrons. The van der Waals surface area contributed by atoms with Gasteiger partial charge >= 0.3 is 0 Å². The molecule has 1 N–H and O–H groups in total. The number of para-hydroxylation sites is 1. The molecule has 3 rings (SSSR count). The highest BCUT2D eigenvalue weighted by molar-refractivity contribution is 5.80. The van der Waals surface area contributed by atoms with Crippen LogP contribution in [0.4, 0.5) is 0 Å². The number of likely N-dealkylation sites (tertiary alicyclic amines) is 1. The molecule has 2 heterocycles. The van der Waals surface area contributed by atoms with E-state index in [-0.39, 0.29) is 11.9 Å². The number of furan rings is 1. The highest BCUT2D eigenvalue weighted by Gasteiger charge is 2.17. The van der Waals surface area contributed by atoms with E-state index < -0.39 is 0 Å². The van der Waals surface area contributed by atoms with Gasteiger partial charge in [-0.3, -0.25) is 9.69 Å². The van der Waals surface area contributed by atoms with E-state index in [1.54, 1.807) is 0 Å². The molecule has 22 heavy (non-hydrogen) atoms. The monoisotopic (exact) mass is 300 g/mol. The summed E-state index contributed by atoms with van der Waals surface area (Å²) in [6.45, 7) is 4.53. The minimum Gasteiger partial charge on any atom is -0.459 e. The van der Waals surface area contributed by atoms with Crippen molar-refractivity contribution < 1.29 is 9.21 Å². The lowest BCUT2D eigenvalue weighted by atomic mass is 10.2. The summed E-state index contributed by atoms with van der Waals surface area (Å²) in [4.78, 5) is 14.5. The topological polar surface area (TPSA) is 45.5 Å². The van der Waals surface area contributed by atoms with Crippen LogP contribution in [-0.2, 0) is 4.79 Å². The molecule has 0 saturated carbocycles. The van der Waals surface area contributed by atoms with Gasteiger partial charge in [-0.15, -0.1) is 0 Å². The fourth-order valence-electron chi connectivity index (χ4n) is 3.07. The molecule has 1 aromatic heterocycles. The number of amides is 1. The zero-order valence-electron chi connectivity index (χ0n) is 13.2. The second-order valence-corrected chi connectivity index (χ2v) is 6.17. The van der Waals surface area contributed by atoms with Crippen LogP contribution in [0.25, 0.3) is 11.0 Å². The van der Waals surface area contributed by atoms with Crippen LogP contribution in [0.3, 0.4) is 0 Å². The predicted octanol–water partition coefficient (Wildman–Crippen LogP) is 3.49. The molecule has 1 fully saturated rings. The third kappa shape index (κ3) is 3.69. The number of benzene rings is 1. The van der Waals surface area contributed by atoms with Gasteiger partial charge in [0.05, 0.1) is 12.6 Å². The Balaban J connectivity index is 1.58. The molecule has 2 aromatic rings. The molecule has 4 heteroatoms. The summed E-state index contributed by atoms with van der Waals surface area (Å²) in [5.74, 6) is 0.889. The van der Waals surface area contributed by atoms with Gasteiger partial charge in [0.1, 0.15) is 11.3 Å². The van der Waals surface area contributed by atoms with E-state index in [1.165, 1.54) is 25.7 Å². The second-order valence-electron chi connectivity index (χ2n) is 6.17. The van der Waals surface area contributed by atoms with Crippen molar-refractivity contribution in [1.29, 1.82) is 0 Å². The van der Waals surface area contributed by atoms with Crippen molar-refractivity contribution in [1.82, 2.24) is 10.2 Å². The number of hydrogen-bond donors (Lipinski definition) is 1. The molecule has 1 aliphatic rings. The highest BCUT2D eigenvalue weighted by atomic mass is 16.3.